The maximum Gasteiger partial charge on any atom is 0.129 e. The van der Waals surface area contributed by atoms with Crippen molar-refractivity contribution in [3.8, 4) is 5.75 Å². The largest absolute Gasteiger partial charge is 0.496 e. The van der Waals surface area contributed by atoms with E-state index in [1.54, 1.807) is 21.0 Å². The van der Waals surface area contributed by atoms with Crippen LogP contribution in [0.5, 0.6) is 5.75 Å². The average Bonchev–Trinajstić information content (AvgIpc) is 2.26. The third kappa shape index (κ3) is 5.14. The van der Waals surface area contributed by atoms with Gasteiger partial charge in [0.2, 0.25) is 0 Å². The first-order valence-corrected chi connectivity index (χ1v) is 6.51. The molecule has 0 saturated heterocycles. The molecule has 0 radical (unpaired) electrons. The fourth-order valence-corrected chi connectivity index (χ4v) is 2.23. The van der Waals surface area contributed by atoms with Gasteiger partial charge in [0.05, 0.1) is 18.3 Å². The molecule has 3 N–H and O–H groups in total. The van der Waals surface area contributed by atoms with Crippen LogP contribution in [0.3, 0.4) is 0 Å². The highest BCUT2D eigenvalue weighted by Gasteiger charge is 2.16. The van der Waals surface area contributed by atoms with Crippen molar-refractivity contribution in [2.75, 3.05) is 20.7 Å². The van der Waals surface area contributed by atoms with E-state index in [1.807, 2.05) is 30.1 Å². The number of aliphatic hydroxyl groups is 1. The third-order valence-electron chi connectivity index (χ3n) is 2.64. The molecule has 0 aromatic heterocycles. The van der Waals surface area contributed by atoms with E-state index in [2.05, 4.69) is 0 Å². The summed E-state index contributed by atoms with van der Waals surface area (Å²) in [5.41, 5.74) is 6.80. The molecule has 0 aliphatic rings. The van der Waals surface area contributed by atoms with Crippen LogP contribution in [0.15, 0.2) is 18.2 Å². The van der Waals surface area contributed by atoms with Crippen LogP contribution in [-0.4, -0.2) is 41.3 Å². The quantitative estimate of drug-likeness (QED) is 0.775. The Hall–Kier alpha value is -1.17. The molecule has 0 aliphatic heterocycles. The number of likely N-dealkylation sites (N-methyl/N-ethyl adjacent to an activating group) is 1. The van der Waals surface area contributed by atoms with Crippen LogP contribution in [-0.2, 0) is 6.54 Å². The van der Waals surface area contributed by atoms with E-state index in [0.29, 0.717) is 23.8 Å². The third-order valence-corrected chi connectivity index (χ3v) is 2.86. The minimum Gasteiger partial charge on any atom is -0.496 e. The summed E-state index contributed by atoms with van der Waals surface area (Å²) in [6.07, 6.45) is 0. The molecular formula is C14H22N2O2S. The SMILES string of the molecule is COc1ccc(CN(C)CC(C)(C)O)cc1C(N)=S. The second kappa shape index (κ2) is 6.32. The number of ether oxygens (including phenoxy) is 1. The minimum atomic E-state index is -0.715. The van der Waals surface area contributed by atoms with Gasteiger partial charge in [-0.2, -0.15) is 0 Å². The Morgan fingerprint density at radius 2 is 2.11 bits per heavy atom. The summed E-state index contributed by atoms with van der Waals surface area (Å²) < 4.78 is 5.23. The lowest BCUT2D eigenvalue weighted by Crippen LogP contribution is -2.35. The van der Waals surface area contributed by atoms with Crippen LogP contribution in [0.2, 0.25) is 0 Å². The zero-order chi connectivity index (χ0) is 14.6. The van der Waals surface area contributed by atoms with Crippen LogP contribution in [0.25, 0.3) is 0 Å². The number of methoxy groups -OCH3 is 1. The molecule has 5 heteroatoms. The molecule has 0 fully saturated rings. The van der Waals surface area contributed by atoms with E-state index < -0.39 is 5.60 Å². The van der Waals surface area contributed by atoms with Gasteiger partial charge in [0.25, 0.3) is 0 Å². The van der Waals surface area contributed by atoms with Crippen molar-refractivity contribution in [3.05, 3.63) is 29.3 Å². The molecule has 0 heterocycles. The number of nitrogens with zero attached hydrogens (tertiary/aromatic N) is 1. The Morgan fingerprint density at radius 1 is 1.47 bits per heavy atom. The van der Waals surface area contributed by atoms with Crippen molar-refractivity contribution in [1.29, 1.82) is 0 Å². The molecule has 0 bridgehead atoms. The van der Waals surface area contributed by atoms with Gasteiger partial charge < -0.3 is 15.6 Å². The highest BCUT2D eigenvalue weighted by Crippen LogP contribution is 2.20. The van der Waals surface area contributed by atoms with E-state index >= 15 is 0 Å². The molecule has 0 spiro atoms. The number of thiocarbonyl (C=S) groups is 1. The highest BCUT2D eigenvalue weighted by atomic mass is 32.1. The van der Waals surface area contributed by atoms with Gasteiger partial charge in [-0.25, -0.2) is 0 Å². The molecule has 1 aromatic rings. The Morgan fingerprint density at radius 3 is 2.58 bits per heavy atom. The second-order valence-electron chi connectivity index (χ2n) is 5.38. The maximum absolute atomic E-state index is 9.79. The van der Waals surface area contributed by atoms with E-state index in [1.165, 1.54) is 0 Å². The lowest BCUT2D eigenvalue weighted by Gasteiger charge is -2.25. The first-order chi connectivity index (χ1) is 8.73. The number of hydrogen-bond acceptors (Lipinski definition) is 4. The Labute approximate surface area is 120 Å². The normalized spacial score (nSPS) is 11.7. The van der Waals surface area contributed by atoms with Crippen LogP contribution in [0.4, 0.5) is 0 Å². The average molecular weight is 282 g/mol. The van der Waals surface area contributed by atoms with Gasteiger partial charge >= 0.3 is 0 Å². The lowest BCUT2D eigenvalue weighted by molar-refractivity contribution is 0.0425. The zero-order valence-electron chi connectivity index (χ0n) is 11.9. The maximum atomic E-state index is 9.79. The summed E-state index contributed by atoms with van der Waals surface area (Å²) in [7, 11) is 3.56. The molecule has 0 aliphatic carbocycles. The summed E-state index contributed by atoms with van der Waals surface area (Å²) in [5, 5.41) is 9.79. The van der Waals surface area contributed by atoms with Crippen LogP contribution >= 0.6 is 12.2 Å². The van der Waals surface area contributed by atoms with Crippen LogP contribution < -0.4 is 10.5 Å². The summed E-state index contributed by atoms with van der Waals surface area (Å²) in [5.74, 6) is 0.682. The Kier molecular flexibility index (Phi) is 5.29. The summed E-state index contributed by atoms with van der Waals surface area (Å²) in [6, 6.07) is 5.77. The minimum absolute atomic E-state index is 0.323. The topological polar surface area (TPSA) is 58.7 Å². The summed E-state index contributed by atoms with van der Waals surface area (Å²) in [4.78, 5) is 2.37. The molecule has 0 saturated carbocycles. The molecular weight excluding hydrogens is 260 g/mol. The van der Waals surface area contributed by atoms with Crippen molar-refractivity contribution in [1.82, 2.24) is 4.90 Å². The molecule has 0 atom stereocenters. The second-order valence-corrected chi connectivity index (χ2v) is 5.82. The fourth-order valence-electron chi connectivity index (χ4n) is 2.07. The molecule has 19 heavy (non-hydrogen) atoms. The number of rotatable bonds is 6. The first kappa shape index (κ1) is 15.9. The Balaban J connectivity index is 2.85. The van der Waals surface area contributed by atoms with Crippen molar-refractivity contribution >= 4 is 17.2 Å². The van der Waals surface area contributed by atoms with Crippen LogP contribution in [0.1, 0.15) is 25.0 Å². The molecule has 1 aromatic carbocycles. The van der Waals surface area contributed by atoms with E-state index in [4.69, 9.17) is 22.7 Å². The number of hydrogen-bond donors (Lipinski definition) is 2. The van der Waals surface area contributed by atoms with Crippen molar-refractivity contribution in [2.45, 2.75) is 26.0 Å². The summed E-state index contributed by atoms with van der Waals surface area (Å²) in [6.45, 7) is 4.88. The molecule has 106 valence electrons. The predicted molar refractivity (Wildman–Crippen MR) is 81.5 cm³/mol. The highest BCUT2D eigenvalue weighted by molar-refractivity contribution is 7.80. The first-order valence-electron chi connectivity index (χ1n) is 6.10. The monoisotopic (exact) mass is 282 g/mol. The van der Waals surface area contributed by atoms with Crippen molar-refractivity contribution in [3.63, 3.8) is 0 Å². The molecule has 4 nitrogen and oxygen atoms in total. The standard InChI is InChI=1S/C14H22N2O2S/c1-14(2,17)9-16(3)8-10-5-6-12(18-4)11(7-10)13(15)19/h5-7,17H,8-9H2,1-4H3,(H2,15,19). The van der Waals surface area contributed by atoms with Gasteiger partial charge in [0, 0.05) is 13.1 Å². The number of nitrogens with two attached hydrogens (primary N) is 1. The van der Waals surface area contributed by atoms with Gasteiger partial charge in [0.15, 0.2) is 0 Å². The Bertz CT molecular complexity index is 455. The molecule has 0 unspecified atom stereocenters. The van der Waals surface area contributed by atoms with Gasteiger partial charge in [-0.1, -0.05) is 18.3 Å². The van der Waals surface area contributed by atoms with Gasteiger partial charge in [-0.15, -0.1) is 0 Å². The zero-order valence-corrected chi connectivity index (χ0v) is 12.8. The lowest BCUT2D eigenvalue weighted by atomic mass is 10.1. The van der Waals surface area contributed by atoms with E-state index in [-0.39, 0.29) is 0 Å². The fraction of sp³-hybridized carbons (Fsp3) is 0.500. The van der Waals surface area contributed by atoms with Gasteiger partial charge in [-0.3, -0.25) is 4.90 Å². The van der Waals surface area contributed by atoms with Crippen molar-refractivity contribution in [2.24, 2.45) is 5.73 Å². The van der Waals surface area contributed by atoms with Gasteiger partial charge in [0.1, 0.15) is 10.7 Å². The van der Waals surface area contributed by atoms with E-state index in [9.17, 15) is 5.11 Å². The molecule has 1 rings (SSSR count). The number of benzene rings is 1. The molecule has 0 amide bonds. The van der Waals surface area contributed by atoms with Gasteiger partial charge in [-0.05, 0) is 38.6 Å². The van der Waals surface area contributed by atoms with E-state index in [0.717, 1.165) is 11.1 Å². The van der Waals surface area contributed by atoms with Crippen molar-refractivity contribution < 1.29 is 9.84 Å². The predicted octanol–water partition coefficient (Wildman–Crippen LogP) is 1.53. The van der Waals surface area contributed by atoms with Crippen LogP contribution in [0, 0.1) is 0 Å². The smallest absolute Gasteiger partial charge is 0.129 e. The summed E-state index contributed by atoms with van der Waals surface area (Å²) >= 11 is 5.02.